The molecule has 0 N–H and O–H groups in total. The third-order valence-electron chi connectivity index (χ3n) is 4.53. The van der Waals surface area contributed by atoms with Gasteiger partial charge in [-0.2, -0.15) is 0 Å². The third-order valence-corrected chi connectivity index (χ3v) is 5.91. The highest BCUT2D eigenvalue weighted by Gasteiger charge is 2.46. The maximum Gasteiger partial charge on any atom is 0.330 e. The smallest absolute Gasteiger partial charge is 0.330 e. The Hall–Kier alpha value is -2.04. The summed E-state index contributed by atoms with van der Waals surface area (Å²) in [4.78, 5) is 26.1. The first-order chi connectivity index (χ1) is 13.2. The summed E-state index contributed by atoms with van der Waals surface area (Å²) in [5.41, 5.74) is 0.676. The van der Waals surface area contributed by atoms with Gasteiger partial charge >= 0.3 is 5.97 Å². The van der Waals surface area contributed by atoms with E-state index in [-0.39, 0.29) is 5.12 Å². The van der Waals surface area contributed by atoms with Crippen molar-refractivity contribution >= 4 is 34.4 Å². The maximum absolute atomic E-state index is 13.1. The van der Waals surface area contributed by atoms with E-state index < -0.39 is 17.0 Å². The minimum atomic E-state index is -0.759. The molecule has 0 aromatic heterocycles. The lowest BCUT2D eigenvalue weighted by molar-refractivity contribution is -0.148. The zero-order valence-corrected chi connectivity index (χ0v) is 17.8. The van der Waals surface area contributed by atoms with E-state index in [4.69, 9.17) is 16.3 Å². The van der Waals surface area contributed by atoms with Crippen LogP contribution in [-0.4, -0.2) is 16.7 Å². The number of rotatable bonds is 5. The van der Waals surface area contributed by atoms with E-state index in [0.717, 1.165) is 16.0 Å². The number of hydrogen-bond donors (Lipinski definition) is 0. The number of carbonyl (C=O) groups excluding carboxylic acids is 2. The van der Waals surface area contributed by atoms with E-state index in [1.165, 1.54) is 17.8 Å². The van der Waals surface area contributed by atoms with Gasteiger partial charge in [0.1, 0.15) is 5.60 Å². The molecule has 0 bridgehead atoms. The fraction of sp³-hybridized carbons (Fsp3) is 0.304. The number of thioether (sulfide) groups is 1. The number of benzene rings is 2. The fourth-order valence-electron chi connectivity index (χ4n) is 3.34. The van der Waals surface area contributed by atoms with Gasteiger partial charge in [-0.25, -0.2) is 4.79 Å². The van der Waals surface area contributed by atoms with Crippen molar-refractivity contribution in [2.24, 2.45) is 0 Å². The average molecular weight is 415 g/mol. The number of ether oxygens (including phenoxy) is 1. The number of allylic oxidation sites excluding steroid dienone is 1. The molecule has 5 heteroatoms. The van der Waals surface area contributed by atoms with Gasteiger partial charge in [0.2, 0.25) is 5.12 Å². The van der Waals surface area contributed by atoms with Crippen LogP contribution in [0.15, 0.2) is 65.6 Å². The molecule has 0 radical (unpaired) electrons. The van der Waals surface area contributed by atoms with Gasteiger partial charge in [0.15, 0.2) is 0 Å². The molecule has 1 heterocycles. The topological polar surface area (TPSA) is 43.4 Å². The van der Waals surface area contributed by atoms with Crippen molar-refractivity contribution in [2.45, 2.75) is 49.5 Å². The van der Waals surface area contributed by atoms with E-state index in [1.54, 1.807) is 12.1 Å². The lowest BCUT2D eigenvalue weighted by atomic mass is 9.74. The van der Waals surface area contributed by atoms with Crippen molar-refractivity contribution in [1.82, 2.24) is 0 Å². The lowest BCUT2D eigenvalue weighted by Gasteiger charge is -2.27. The van der Waals surface area contributed by atoms with Gasteiger partial charge in [0.25, 0.3) is 0 Å². The Labute approximate surface area is 175 Å². The average Bonchev–Trinajstić information content (AvgIpc) is 2.86. The molecule has 0 saturated heterocycles. The Morgan fingerprint density at radius 3 is 2.57 bits per heavy atom. The summed E-state index contributed by atoms with van der Waals surface area (Å²) in [6.07, 6.45) is 4.11. The van der Waals surface area contributed by atoms with Gasteiger partial charge in [0, 0.05) is 16.0 Å². The molecular weight excluding hydrogens is 392 g/mol. The van der Waals surface area contributed by atoms with E-state index in [0.29, 0.717) is 17.9 Å². The number of esters is 1. The number of hydrogen-bond acceptors (Lipinski definition) is 4. The summed E-state index contributed by atoms with van der Waals surface area (Å²) in [6.45, 7) is 5.47. The Morgan fingerprint density at radius 1 is 1.18 bits per heavy atom. The van der Waals surface area contributed by atoms with Crippen LogP contribution in [-0.2, 0) is 26.2 Å². The molecule has 146 valence electrons. The van der Waals surface area contributed by atoms with Crippen molar-refractivity contribution < 1.29 is 14.3 Å². The standard InChI is InChI=1S/C23H23ClO3S/c1-22(2,3)27-20(25)10-7-13-23(15-16-8-5-4-6-9-16)18-14-17(24)11-12-19(18)28-21(23)26/h4-12,14H,13,15H2,1-3H3/b10-7+/t23-/m0/s1. The zero-order valence-electron chi connectivity index (χ0n) is 16.2. The van der Waals surface area contributed by atoms with Crippen molar-refractivity contribution in [2.75, 3.05) is 0 Å². The summed E-state index contributed by atoms with van der Waals surface area (Å²) in [5, 5.41) is 0.671. The van der Waals surface area contributed by atoms with Crippen LogP contribution in [0.2, 0.25) is 5.02 Å². The lowest BCUT2D eigenvalue weighted by Crippen LogP contribution is -2.33. The van der Waals surface area contributed by atoms with Gasteiger partial charge in [0.05, 0.1) is 5.41 Å². The molecule has 3 rings (SSSR count). The van der Waals surface area contributed by atoms with Crippen LogP contribution in [0.4, 0.5) is 0 Å². The number of fused-ring (bicyclic) bond motifs is 1. The summed E-state index contributed by atoms with van der Waals surface area (Å²) in [6, 6.07) is 15.5. The number of halogens is 1. The summed E-state index contributed by atoms with van der Waals surface area (Å²) >= 11 is 7.49. The van der Waals surface area contributed by atoms with Crippen LogP contribution in [0.5, 0.6) is 0 Å². The SMILES string of the molecule is CC(C)(C)OC(=O)/C=C/C[C@@]1(Cc2ccccc2)C(=O)Sc2ccc(Cl)cc21. The van der Waals surface area contributed by atoms with Crippen LogP contribution < -0.4 is 0 Å². The van der Waals surface area contributed by atoms with Crippen LogP contribution in [0.1, 0.15) is 38.3 Å². The van der Waals surface area contributed by atoms with Crippen LogP contribution in [0, 0.1) is 0 Å². The molecular formula is C23H23ClO3S. The highest BCUT2D eigenvalue weighted by atomic mass is 35.5. The molecule has 2 aromatic carbocycles. The summed E-state index contributed by atoms with van der Waals surface area (Å²) in [5.74, 6) is -0.410. The monoisotopic (exact) mass is 414 g/mol. The van der Waals surface area contributed by atoms with Crippen LogP contribution in [0.25, 0.3) is 0 Å². The van der Waals surface area contributed by atoms with Crippen molar-refractivity contribution in [3.05, 3.63) is 76.8 Å². The second-order valence-electron chi connectivity index (χ2n) is 7.91. The molecule has 3 nitrogen and oxygen atoms in total. The largest absolute Gasteiger partial charge is 0.457 e. The summed E-state index contributed by atoms with van der Waals surface area (Å²) in [7, 11) is 0. The van der Waals surface area contributed by atoms with E-state index in [9.17, 15) is 9.59 Å². The van der Waals surface area contributed by atoms with Gasteiger partial charge in [-0.15, -0.1) is 0 Å². The fourth-order valence-corrected chi connectivity index (χ4v) is 4.67. The van der Waals surface area contributed by atoms with Gasteiger partial charge in [-0.3, -0.25) is 4.79 Å². The molecule has 2 aromatic rings. The Morgan fingerprint density at radius 2 is 1.89 bits per heavy atom. The molecule has 0 saturated carbocycles. The minimum Gasteiger partial charge on any atom is -0.457 e. The minimum absolute atomic E-state index is 0.0717. The molecule has 0 aliphatic carbocycles. The molecule has 1 aliphatic rings. The van der Waals surface area contributed by atoms with Crippen molar-refractivity contribution in [1.29, 1.82) is 0 Å². The van der Waals surface area contributed by atoms with E-state index >= 15 is 0 Å². The third kappa shape index (κ3) is 4.68. The molecule has 1 aliphatic heterocycles. The molecule has 0 fully saturated rings. The Bertz CT molecular complexity index is 915. The highest BCUT2D eigenvalue weighted by Crippen LogP contribution is 2.50. The van der Waals surface area contributed by atoms with Gasteiger partial charge in [-0.05, 0) is 62.9 Å². The Balaban J connectivity index is 1.94. The maximum atomic E-state index is 13.1. The highest BCUT2D eigenvalue weighted by molar-refractivity contribution is 8.14. The first kappa shape index (κ1) is 20.7. The first-order valence-electron chi connectivity index (χ1n) is 9.15. The molecule has 0 unspecified atom stereocenters. The van der Waals surface area contributed by atoms with Crippen molar-refractivity contribution in [3.63, 3.8) is 0 Å². The van der Waals surface area contributed by atoms with Crippen LogP contribution >= 0.6 is 23.4 Å². The quantitative estimate of drug-likeness (QED) is 0.462. The van der Waals surface area contributed by atoms with E-state index in [2.05, 4.69) is 0 Å². The molecule has 1 atom stereocenters. The van der Waals surface area contributed by atoms with Crippen LogP contribution in [0.3, 0.4) is 0 Å². The molecule has 0 spiro atoms. The van der Waals surface area contributed by atoms with E-state index in [1.807, 2.05) is 63.2 Å². The second kappa shape index (κ2) is 8.14. The first-order valence-corrected chi connectivity index (χ1v) is 10.3. The van der Waals surface area contributed by atoms with Crippen molar-refractivity contribution in [3.8, 4) is 0 Å². The normalized spacial score (nSPS) is 19.1. The van der Waals surface area contributed by atoms with Gasteiger partial charge in [-0.1, -0.05) is 59.8 Å². The van der Waals surface area contributed by atoms with Gasteiger partial charge < -0.3 is 4.74 Å². The zero-order chi connectivity index (χ0) is 20.4. The molecule has 0 amide bonds. The predicted octanol–water partition coefficient (Wildman–Crippen LogP) is 5.74. The predicted molar refractivity (Wildman–Crippen MR) is 114 cm³/mol. The number of carbonyl (C=O) groups is 2. The second-order valence-corrected chi connectivity index (χ2v) is 9.37. The summed E-state index contributed by atoms with van der Waals surface area (Å²) < 4.78 is 5.33. The molecule has 28 heavy (non-hydrogen) atoms. The Kier molecular flexibility index (Phi) is 6.01.